The first-order chi connectivity index (χ1) is 14.6. The molecule has 30 heavy (non-hydrogen) atoms. The Morgan fingerprint density at radius 1 is 1.13 bits per heavy atom. The van der Waals surface area contributed by atoms with Crippen LogP contribution in [0.15, 0.2) is 77.4 Å². The first-order valence-corrected chi connectivity index (χ1v) is 9.43. The third-order valence-electron chi connectivity index (χ3n) is 4.21. The largest absolute Gasteiger partial charge is 0.461 e. The highest BCUT2D eigenvalue weighted by Gasteiger charge is 2.17. The second-order valence-corrected chi connectivity index (χ2v) is 6.79. The Labute approximate surface area is 176 Å². The fourth-order valence-corrected chi connectivity index (χ4v) is 2.81. The van der Waals surface area contributed by atoms with Crippen LogP contribution in [0.3, 0.4) is 0 Å². The van der Waals surface area contributed by atoms with E-state index in [0.29, 0.717) is 22.9 Å². The third kappa shape index (κ3) is 4.64. The fraction of sp³-hybridized carbons (Fsp3) is 0.0455. The summed E-state index contributed by atoms with van der Waals surface area (Å²) in [6.07, 6.45) is 4.44. The van der Waals surface area contributed by atoms with E-state index >= 15 is 0 Å². The number of nitrogens with zero attached hydrogens (tertiary/aromatic N) is 3. The lowest BCUT2D eigenvalue weighted by atomic mass is 10.2. The Bertz CT molecular complexity index is 1170. The van der Waals surface area contributed by atoms with Crippen LogP contribution in [0, 0.1) is 5.82 Å². The predicted molar refractivity (Wildman–Crippen MR) is 113 cm³/mol. The summed E-state index contributed by atoms with van der Waals surface area (Å²) in [4.78, 5) is 17.1. The van der Waals surface area contributed by atoms with Crippen LogP contribution in [0.4, 0.5) is 10.3 Å². The molecule has 0 aliphatic carbocycles. The Morgan fingerprint density at radius 3 is 2.60 bits per heavy atom. The van der Waals surface area contributed by atoms with Crippen LogP contribution in [0.5, 0.6) is 0 Å². The zero-order valence-electron chi connectivity index (χ0n) is 15.6. The van der Waals surface area contributed by atoms with Crippen molar-refractivity contribution in [2.45, 2.75) is 6.54 Å². The lowest BCUT2D eigenvalue weighted by Crippen LogP contribution is -2.14. The van der Waals surface area contributed by atoms with Gasteiger partial charge in [-0.15, -0.1) is 5.10 Å². The number of rotatable bonds is 6. The SMILES string of the molecule is O=C(C=Cc1ccc(F)cc1)n1nc(-c2ccco2)nc1NCc1ccc(Cl)cc1. The van der Waals surface area contributed by atoms with Crippen molar-refractivity contribution >= 4 is 29.5 Å². The van der Waals surface area contributed by atoms with Gasteiger partial charge in [0.25, 0.3) is 5.91 Å². The summed E-state index contributed by atoms with van der Waals surface area (Å²) in [5.74, 6) is 0.237. The Hall–Kier alpha value is -3.71. The smallest absolute Gasteiger partial charge is 0.274 e. The van der Waals surface area contributed by atoms with Crippen molar-refractivity contribution in [3.63, 3.8) is 0 Å². The summed E-state index contributed by atoms with van der Waals surface area (Å²) in [6.45, 7) is 0.419. The molecular weight excluding hydrogens is 407 g/mol. The molecular formula is C22H16ClFN4O2. The minimum Gasteiger partial charge on any atom is -0.461 e. The van der Waals surface area contributed by atoms with Crippen molar-refractivity contribution in [2.75, 3.05) is 5.32 Å². The molecule has 4 rings (SSSR count). The highest BCUT2D eigenvalue weighted by Crippen LogP contribution is 2.19. The van der Waals surface area contributed by atoms with Crippen LogP contribution in [0.1, 0.15) is 15.9 Å². The number of nitrogens with one attached hydrogen (secondary N) is 1. The Balaban J connectivity index is 1.58. The van der Waals surface area contributed by atoms with Gasteiger partial charge in [0, 0.05) is 17.6 Å². The van der Waals surface area contributed by atoms with Crippen LogP contribution < -0.4 is 5.32 Å². The van der Waals surface area contributed by atoms with Gasteiger partial charge in [0.2, 0.25) is 11.8 Å². The molecule has 0 bridgehead atoms. The molecule has 0 saturated carbocycles. The van der Waals surface area contributed by atoms with Gasteiger partial charge in [-0.2, -0.15) is 9.67 Å². The average molecular weight is 423 g/mol. The fourth-order valence-electron chi connectivity index (χ4n) is 2.69. The molecule has 0 atom stereocenters. The van der Waals surface area contributed by atoms with Crippen molar-refractivity contribution in [2.24, 2.45) is 0 Å². The molecule has 2 aromatic heterocycles. The van der Waals surface area contributed by atoms with E-state index in [9.17, 15) is 9.18 Å². The second kappa shape index (κ2) is 8.75. The maximum absolute atomic E-state index is 13.0. The van der Waals surface area contributed by atoms with Crippen molar-refractivity contribution in [1.82, 2.24) is 14.8 Å². The minimum absolute atomic E-state index is 0.269. The lowest BCUT2D eigenvalue weighted by Gasteiger charge is -2.06. The number of benzene rings is 2. The topological polar surface area (TPSA) is 73.0 Å². The van der Waals surface area contributed by atoms with E-state index in [2.05, 4.69) is 15.4 Å². The summed E-state index contributed by atoms with van der Waals surface area (Å²) in [5, 5.41) is 8.03. The molecule has 0 amide bonds. The molecule has 150 valence electrons. The molecule has 0 aliphatic rings. The summed E-state index contributed by atoms with van der Waals surface area (Å²) in [6, 6.07) is 16.6. The Kier molecular flexibility index (Phi) is 5.72. The number of hydrogen-bond acceptors (Lipinski definition) is 5. The van der Waals surface area contributed by atoms with Crippen molar-refractivity contribution < 1.29 is 13.6 Å². The van der Waals surface area contributed by atoms with Crippen molar-refractivity contribution in [3.8, 4) is 11.6 Å². The average Bonchev–Trinajstić information content (AvgIpc) is 3.43. The first-order valence-electron chi connectivity index (χ1n) is 9.06. The molecule has 4 aromatic rings. The maximum atomic E-state index is 13.0. The van der Waals surface area contributed by atoms with Gasteiger partial charge < -0.3 is 9.73 Å². The zero-order valence-corrected chi connectivity index (χ0v) is 16.4. The molecule has 6 nitrogen and oxygen atoms in total. The van der Waals surface area contributed by atoms with Gasteiger partial charge in [-0.05, 0) is 53.6 Å². The number of furan rings is 1. The first kappa shape index (κ1) is 19.6. The summed E-state index contributed by atoms with van der Waals surface area (Å²) in [7, 11) is 0. The number of hydrogen-bond donors (Lipinski definition) is 1. The molecule has 8 heteroatoms. The number of carbonyl (C=O) groups is 1. The predicted octanol–water partition coefficient (Wildman–Crippen LogP) is 5.30. The monoisotopic (exact) mass is 422 g/mol. The van der Waals surface area contributed by atoms with E-state index in [-0.39, 0.29) is 17.6 Å². The number of aromatic nitrogens is 3. The van der Waals surface area contributed by atoms with Gasteiger partial charge in [-0.25, -0.2) is 4.39 Å². The highest BCUT2D eigenvalue weighted by molar-refractivity contribution is 6.30. The van der Waals surface area contributed by atoms with E-state index in [4.69, 9.17) is 16.0 Å². The molecule has 0 spiro atoms. The van der Waals surface area contributed by atoms with Gasteiger partial charge in [-0.1, -0.05) is 35.9 Å². The molecule has 0 aliphatic heterocycles. The van der Waals surface area contributed by atoms with Gasteiger partial charge >= 0.3 is 0 Å². The van der Waals surface area contributed by atoms with E-state index < -0.39 is 5.91 Å². The number of anilines is 1. The van der Waals surface area contributed by atoms with Crippen molar-refractivity contribution in [3.05, 3.63) is 95.0 Å². The second-order valence-electron chi connectivity index (χ2n) is 6.35. The summed E-state index contributed by atoms with van der Waals surface area (Å²) in [5.41, 5.74) is 1.65. The quantitative estimate of drug-likeness (QED) is 0.427. The normalized spacial score (nSPS) is 11.1. The molecule has 0 saturated heterocycles. The number of allylic oxidation sites excluding steroid dienone is 1. The van der Waals surface area contributed by atoms with Gasteiger partial charge in [0.1, 0.15) is 5.82 Å². The minimum atomic E-state index is -0.414. The van der Waals surface area contributed by atoms with Crippen LogP contribution in [0.2, 0.25) is 5.02 Å². The lowest BCUT2D eigenvalue weighted by molar-refractivity contribution is 0.0957. The molecule has 0 fully saturated rings. The highest BCUT2D eigenvalue weighted by atomic mass is 35.5. The van der Waals surface area contributed by atoms with Gasteiger partial charge in [-0.3, -0.25) is 4.79 Å². The molecule has 0 unspecified atom stereocenters. The van der Waals surface area contributed by atoms with Crippen LogP contribution in [-0.4, -0.2) is 20.7 Å². The van der Waals surface area contributed by atoms with Crippen LogP contribution in [-0.2, 0) is 6.54 Å². The van der Waals surface area contributed by atoms with Crippen LogP contribution >= 0.6 is 11.6 Å². The number of carbonyl (C=O) groups excluding carboxylic acids is 1. The Morgan fingerprint density at radius 2 is 1.90 bits per heavy atom. The maximum Gasteiger partial charge on any atom is 0.274 e. The molecule has 1 N–H and O–H groups in total. The molecule has 2 heterocycles. The third-order valence-corrected chi connectivity index (χ3v) is 4.46. The van der Waals surface area contributed by atoms with E-state index in [1.807, 2.05) is 12.1 Å². The summed E-state index contributed by atoms with van der Waals surface area (Å²) < 4.78 is 19.5. The van der Waals surface area contributed by atoms with E-state index in [1.165, 1.54) is 24.5 Å². The molecule has 0 radical (unpaired) electrons. The van der Waals surface area contributed by atoms with Gasteiger partial charge in [0.05, 0.1) is 6.26 Å². The van der Waals surface area contributed by atoms with Gasteiger partial charge in [0.15, 0.2) is 5.76 Å². The standard InChI is InChI=1S/C22H16ClFN4O2/c23-17-8-3-16(4-9-17)14-25-22-26-21(19-2-1-13-30-19)27-28(22)20(29)12-7-15-5-10-18(24)11-6-15/h1-13H,14H2,(H,25,26,27). The number of halogens is 2. The van der Waals surface area contributed by atoms with Crippen LogP contribution in [0.25, 0.3) is 17.7 Å². The van der Waals surface area contributed by atoms with E-state index in [1.54, 1.807) is 42.5 Å². The van der Waals surface area contributed by atoms with Crippen molar-refractivity contribution in [1.29, 1.82) is 0 Å². The molecule has 2 aromatic carbocycles. The zero-order chi connectivity index (χ0) is 20.9. The van der Waals surface area contributed by atoms with E-state index in [0.717, 1.165) is 10.2 Å². The summed E-state index contributed by atoms with van der Waals surface area (Å²) >= 11 is 5.92.